The third-order valence-corrected chi connectivity index (χ3v) is 3.92. The first kappa shape index (κ1) is 43.7. The number of hydrogen-bond acceptors (Lipinski definition) is 7. The van der Waals surface area contributed by atoms with Crippen LogP contribution in [-0.4, -0.2) is 62.8 Å². The van der Waals surface area contributed by atoms with Crippen molar-refractivity contribution < 1.29 is 55.1 Å². The molecule has 0 aliphatic carbocycles. The predicted molar refractivity (Wildman–Crippen MR) is 136 cm³/mol. The molecule has 0 unspecified atom stereocenters. The molecule has 0 amide bonds. The van der Waals surface area contributed by atoms with E-state index in [9.17, 15) is 4.80 Å². The van der Waals surface area contributed by atoms with Crippen LogP contribution >= 0.6 is 0 Å². The van der Waals surface area contributed by atoms with Gasteiger partial charge in [0.25, 0.3) is 0 Å². The Morgan fingerprint density at radius 3 is 0.545 bits per heavy atom. The van der Waals surface area contributed by atoms with Crippen LogP contribution in [0.25, 0.3) is 0 Å². The summed E-state index contributed by atoms with van der Waals surface area (Å²) in [6.07, 6.45) is 0. The van der Waals surface area contributed by atoms with Crippen LogP contribution < -0.4 is 0 Å². The van der Waals surface area contributed by atoms with Crippen LogP contribution in [0.2, 0.25) is 0 Å². The molecule has 4 N–H and O–H groups in total. The fraction of sp³-hybridized carbons (Fsp3) is 1.00. The molecule has 0 rings (SSSR count). The molecule has 0 aromatic rings. The van der Waals surface area contributed by atoms with E-state index in [0.29, 0.717) is 0 Å². The van der Waals surface area contributed by atoms with Gasteiger partial charge in [-0.2, -0.15) is 0 Å². The van der Waals surface area contributed by atoms with Gasteiger partial charge in [0.05, 0.1) is 33.6 Å². The fourth-order valence-electron chi connectivity index (χ4n) is 1.22. The van der Waals surface area contributed by atoms with Gasteiger partial charge in [-0.3, -0.25) is 0 Å². The molecule has 0 radical (unpaired) electrons. The van der Waals surface area contributed by atoms with Crippen LogP contribution in [0.15, 0.2) is 0 Å². The summed E-state index contributed by atoms with van der Waals surface area (Å²) in [5.74, 6) is 0. The molecule has 0 spiro atoms. The second-order valence-electron chi connectivity index (χ2n) is 13.7. The van der Waals surface area contributed by atoms with Crippen molar-refractivity contribution in [2.75, 3.05) is 0 Å². The molecule has 0 saturated heterocycles. The van der Waals surface area contributed by atoms with E-state index in [-0.39, 0.29) is 21.7 Å². The molecule has 0 aliphatic heterocycles. The smallest absolute Gasteiger partial charge is 0.391 e. The Kier molecular flexibility index (Phi) is 20.8. The Labute approximate surface area is 222 Å². The van der Waals surface area contributed by atoms with Gasteiger partial charge >= 0.3 is 9.05 Å². The van der Waals surface area contributed by atoms with E-state index < -0.39 is 42.7 Å². The summed E-state index contributed by atoms with van der Waals surface area (Å²) in [6, 6.07) is 0. The molecule has 33 heavy (non-hydrogen) atoms. The molecule has 0 aromatic heterocycles. The Morgan fingerprint density at radius 1 is 0.394 bits per heavy atom. The SMILES string of the molecule is CC(C)(C)O.CC(C)(C)O.CC(C)(C)O.CC(C)(C)O[Si](O)(OC(C)(C)C)OC(C)(C)C.[Ti]. The summed E-state index contributed by atoms with van der Waals surface area (Å²) in [4.78, 5) is 10.5. The molecule has 204 valence electrons. The van der Waals surface area contributed by atoms with E-state index in [2.05, 4.69) is 0 Å². The van der Waals surface area contributed by atoms with Gasteiger partial charge in [-0.25, -0.2) is 0 Å². The molecule has 7 nitrogen and oxygen atoms in total. The van der Waals surface area contributed by atoms with Crippen LogP contribution in [0.4, 0.5) is 0 Å². The molecule has 0 fully saturated rings. The quantitative estimate of drug-likeness (QED) is 0.369. The normalized spacial score (nSPS) is 13.3. The molecule has 0 saturated carbocycles. The van der Waals surface area contributed by atoms with E-state index in [0.717, 1.165) is 0 Å². The standard InChI is InChI=1S/C12H28O4Si.3C4H10O.Ti/c1-10(2,3)14-17(13,15-11(4,5)6)16-12(7,8)9;3*1-4(2,3)5;/h13H,1-9H3;3*5H,1-3H3;. The number of rotatable bonds is 3. The molecule has 0 aromatic carbocycles. The van der Waals surface area contributed by atoms with E-state index in [4.69, 9.17) is 28.6 Å². The second kappa shape index (κ2) is 15.7. The molecule has 0 atom stereocenters. The van der Waals surface area contributed by atoms with Gasteiger partial charge in [-0.15, -0.1) is 0 Å². The number of hydrogen-bond donors (Lipinski definition) is 4. The first-order valence-electron chi connectivity index (χ1n) is 11.1. The van der Waals surface area contributed by atoms with Gasteiger partial charge in [0, 0.05) is 21.7 Å². The van der Waals surface area contributed by atoms with Crippen LogP contribution in [-0.2, 0) is 35.0 Å². The topological polar surface area (TPSA) is 109 Å². The summed E-state index contributed by atoms with van der Waals surface area (Å²) in [6.45, 7) is 32.5. The Morgan fingerprint density at radius 2 is 0.485 bits per heavy atom. The molecular weight excluding hydrogens is 476 g/mol. The van der Waals surface area contributed by atoms with Crippen molar-refractivity contribution in [1.29, 1.82) is 0 Å². The third kappa shape index (κ3) is 88.2. The maximum absolute atomic E-state index is 10.5. The van der Waals surface area contributed by atoms with Crippen LogP contribution in [0.1, 0.15) is 125 Å². The van der Waals surface area contributed by atoms with E-state index in [1.54, 1.807) is 62.3 Å². The zero-order valence-corrected chi connectivity index (χ0v) is 27.6. The zero-order valence-electron chi connectivity index (χ0n) is 25.0. The van der Waals surface area contributed by atoms with Crippen LogP contribution in [0, 0.1) is 0 Å². The van der Waals surface area contributed by atoms with Crippen molar-refractivity contribution in [3.63, 3.8) is 0 Å². The molecule has 0 heterocycles. The van der Waals surface area contributed by atoms with Crippen molar-refractivity contribution >= 4 is 9.05 Å². The molecule has 0 aliphatic rings. The average Bonchev–Trinajstić information content (AvgIpc) is 2.08. The van der Waals surface area contributed by atoms with Gasteiger partial charge in [-0.1, -0.05) is 0 Å². The Balaban J connectivity index is -0.000000133. The van der Waals surface area contributed by atoms with Gasteiger partial charge in [0.1, 0.15) is 0 Å². The Hall–Kier alpha value is 0.651. The van der Waals surface area contributed by atoms with Gasteiger partial charge < -0.3 is 33.4 Å². The van der Waals surface area contributed by atoms with Crippen LogP contribution in [0.3, 0.4) is 0 Å². The zero-order chi connectivity index (χ0) is 27.6. The minimum absolute atomic E-state index is 0. The first-order chi connectivity index (χ1) is 13.1. The van der Waals surface area contributed by atoms with E-state index in [1.807, 2.05) is 62.3 Å². The summed E-state index contributed by atoms with van der Waals surface area (Å²) in [5, 5.41) is 25.6. The Bertz CT molecular complexity index is 385. The van der Waals surface area contributed by atoms with Gasteiger partial charge in [0.2, 0.25) is 0 Å². The fourth-order valence-corrected chi connectivity index (χ4v) is 3.67. The van der Waals surface area contributed by atoms with Crippen molar-refractivity contribution in [1.82, 2.24) is 0 Å². The van der Waals surface area contributed by atoms with Crippen molar-refractivity contribution in [3.8, 4) is 0 Å². The molecular formula is C24H58O7SiTi. The maximum atomic E-state index is 10.5. The van der Waals surface area contributed by atoms with Gasteiger partial charge in [0.15, 0.2) is 0 Å². The van der Waals surface area contributed by atoms with Crippen molar-refractivity contribution in [2.24, 2.45) is 0 Å². The maximum Gasteiger partial charge on any atom is 0.678 e. The largest absolute Gasteiger partial charge is 0.678 e. The summed E-state index contributed by atoms with van der Waals surface area (Å²) < 4.78 is 16.9. The first-order valence-corrected chi connectivity index (χ1v) is 12.8. The van der Waals surface area contributed by atoms with Crippen molar-refractivity contribution in [3.05, 3.63) is 0 Å². The summed E-state index contributed by atoms with van der Waals surface area (Å²) in [5.41, 5.74) is -3.05. The van der Waals surface area contributed by atoms with E-state index >= 15 is 0 Å². The molecule has 9 heteroatoms. The number of aliphatic hydroxyl groups is 3. The van der Waals surface area contributed by atoms with E-state index in [1.165, 1.54) is 0 Å². The summed E-state index contributed by atoms with van der Waals surface area (Å²) >= 11 is 0. The molecule has 0 bridgehead atoms. The van der Waals surface area contributed by atoms with Crippen LogP contribution in [0.5, 0.6) is 0 Å². The van der Waals surface area contributed by atoms with Gasteiger partial charge in [-0.05, 0) is 125 Å². The minimum Gasteiger partial charge on any atom is -0.391 e. The van der Waals surface area contributed by atoms with Crippen molar-refractivity contribution in [2.45, 2.75) is 158 Å². The average molecular weight is 535 g/mol. The second-order valence-corrected chi connectivity index (χ2v) is 15.3. The summed E-state index contributed by atoms with van der Waals surface area (Å²) in [7, 11) is -3.66. The minimum atomic E-state index is -3.66. The monoisotopic (exact) mass is 534 g/mol. The predicted octanol–water partition coefficient (Wildman–Crippen LogP) is 5.19. The third-order valence-electron chi connectivity index (χ3n) is 1.31.